The Morgan fingerprint density at radius 1 is 1.03 bits per heavy atom. The van der Waals surface area contributed by atoms with E-state index in [9.17, 15) is 4.79 Å². The zero-order chi connectivity index (χ0) is 20.8. The maximum absolute atomic E-state index is 12.0. The molecule has 1 heterocycles. The summed E-state index contributed by atoms with van der Waals surface area (Å²) in [7, 11) is 0. The molecule has 3 aromatic rings. The Morgan fingerprint density at radius 3 is 2.48 bits per heavy atom. The normalized spacial score (nSPS) is 12.0. The van der Waals surface area contributed by atoms with Crippen LogP contribution >= 0.6 is 11.6 Å². The first-order chi connectivity index (χ1) is 13.9. The van der Waals surface area contributed by atoms with E-state index in [0.29, 0.717) is 46.0 Å². The first-order valence-corrected chi connectivity index (χ1v) is 9.82. The molecule has 7 heteroatoms. The third kappa shape index (κ3) is 6.06. The van der Waals surface area contributed by atoms with E-state index in [-0.39, 0.29) is 5.97 Å². The summed E-state index contributed by atoms with van der Waals surface area (Å²) in [5, 5.41) is 0.606. The molecule has 0 bridgehead atoms. The van der Waals surface area contributed by atoms with Crippen LogP contribution < -0.4 is 9.47 Å². The molecule has 1 aromatic heterocycles. The molecular formula is C22H23ClN2O4. The molecule has 3 rings (SSSR count). The van der Waals surface area contributed by atoms with Crippen LogP contribution in [0.5, 0.6) is 17.4 Å². The zero-order valence-electron chi connectivity index (χ0n) is 16.6. The number of aromatic nitrogens is 2. The van der Waals surface area contributed by atoms with Crippen LogP contribution in [0.25, 0.3) is 11.0 Å². The second-order valence-corrected chi connectivity index (χ2v) is 7.46. The predicted molar refractivity (Wildman–Crippen MR) is 112 cm³/mol. The van der Waals surface area contributed by atoms with Crippen molar-refractivity contribution >= 4 is 28.6 Å². The van der Waals surface area contributed by atoms with E-state index in [0.717, 1.165) is 6.42 Å². The third-order valence-corrected chi connectivity index (χ3v) is 4.35. The SMILES string of the molecule is CC(C)CCOC(=O)[C@@H](C)Oc1ccc(Oc2cnc3cc(Cl)ccc3n2)cc1. The van der Waals surface area contributed by atoms with Gasteiger partial charge < -0.3 is 14.2 Å². The lowest BCUT2D eigenvalue weighted by molar-refractivity contribution is -0.151. The molecule has 0 unspecified atom stereocenters. The fourth-order valence-electron chi connectivity index (χ4n) is 2.49. The lowest BCUT2D eigenvalue weighted by atomic mass is 10.1. The quantitative estimate of drug-likeness (QED) is 0.457. The molecule has 0 saturated heterocycles. The standard InChI is InChI=1S/C22H23ClN2O4/c1-14(2)10-11-27-22(26)15(3)28-17-5-7-18(8-6-17)29-21-13-24-20-12-16(23)4-9-19(20)25-21/h4-9,12-15H,10-11H2,1-3H3/t15-/m1/s1. The van der Waals surface area contributed by atoms with Crippen molar-refractivity contribution in [2.75, 3.05) is 6.61 Å². The van der Waals surface area contributed by atoms with Crippen LogP contribution in [-0.4, -0.2) is 28.6 Å². The molecule has 0 spiro atoms. The number of hydrogen-bond donors (Lipinski definition) is 0. The molecule has 0 N–H and O–H groups in total. The van der Waals surface area contributed by atoms with Gasteiger partial charge in [0.1, 0.15) is 11.5 Å². The van der Waals surface area contributed by atoms with Crippen LogP contribution in [0, 0.1) is 5.92 Å². The molecule has 2 aromatic carbocycles. The van der Waals surface area contributed by atoms with Crippen LogP contribution in [0.3, 0.4) is 0 Å². The van der Waals surface area contributed by atoms with Gasteiger partial charge in [-0.3, -0.25) is 0 Å². The molecule has 0 fully saturated rings. The Bertz CT molecular complexity index is 976. The van der Waals surface area contributed by atoms with Gasteiger partial charge in [0.15, 0.2) is 6.10 Å². The number of benzene rings is 2. The fraction of sp³-hybridized carbons (Fsp3) is 0.318. The van der Waals surface area contributed by atoms with Crippen LogP contribution in [0.2, 0.25) is 5.02 Å². The lowest BCUT2D eigenvalue weighted by Gasteiger charge is -2.15. The molecule has 1 atom stereocenters. The van der Waals surface area contributed by atoms with E-state index in [1.165, 1.54) is 6.20 Å². The summed E-state index contributed by atoms with van der Waals surface area (Å²) in [6.45, 7) is 6.22. The van der Waals surface area contributed by atoms with Crippen molar-refractivity contribution < 1.29 is 19.0 Å². The van der Waals surface area contributed by atoms with Crippen LogP contribution in [0.4, 0.5) is 0 Å². The number of nitrogens with zero attached hydrogens (tertiary/aromatic N) is 2. The van der Waals surface area contributed by atoms with Crippen LogP contribution in [0.1, 0.15) is 27.2 Å². The molecule has 6 nitrogen and oxygen atoms in total. The topological polar surface area (TPSA) is 70.5 Å². The van der Waals surface area contributed by atoms with Gasteiger partial charge in [-0.1, -0.05) is 25.4 Å². The highest BCUT2D eigenvalue weighted by Crippen LogP contribution is 2.25. The van der Waals surface area contributed by atoms with Crippen molar-refractivity contribution in [3.05, 3.63) is 53.7 Å². The maximum Gasteiger partial charge on any atom is 0.347 e. The molecule has 0 amide bonds. The number of rotatable bonds is 8. The Balaban J connectivity index is 1.57. The summed E-state index contributed by atoms with van der Waals surface area (Å²) in [5.74, 6) is 1.60. The molecule has 0 aliphatic carbocycles. The third-order valence-electron chi connectivity index (χ3n) is 4.11. The maximum atomic E-state index is 12.0. The van der Waals surface area contributed by atoms with Crippen molar-refractivity contribution in [1.82, 2.24) is 9.97 Å². The number of carbonyl (C=O) groups excluding carboxylic acids is 1. The Kier molecular flexibility index (Phi) is 6.88. The van der Waals surface area contributed by atoms with Crippen molar-refractivity contribution in [1.29, 1.82) is 0 Å². The number of ether oxygens (including phenoxy) is 3. The van der Waals surface area contributed by atoms with Gasteiger partial charge in [-0.2, -0.15) is 0 Å². The second-order valence-electron chi connectivity index (χ2n) is 7.02. The van der Waals surface area contributed by atoms with E-state index >= 15 is 0 Å². The minimum absolute atomic E-state index is 0.371. The molecule has 29 heavy (non-hydrogen) atoms. The molecular weight excluding hydrogens is 392 g/mol. The average molecular weight is 415 g/mol. The van der Waals surface area contributed by atoms with E-state index in [1.54, 1.807) is 49.4 Å². The first kappa shape index (κ1) is 20.9. The number of hydrogen-bond acceptors (Lipinski definition) is 6. The lowest BCUT2D eigenvalue weighted by Crippen LogP contribution is -2.26. The van der Waals surface area contributed by atoms with Crippen LogP contribution in [0.15, 0.2) is 48.7 Å². The number of halogens is 1. The first-order valence-electron chi connectivity index (χ1n) is 9.44. The predicted octanol–water partition coefficient (Wildman–Crippen LogP) is 5.43. The summed E-state index contributed by atoms with van der Waals surface area (Å²) < 4.78 is 16.6. The van der Waals surface area contributed by atoms with Gasteiger partial charge in [-0.25, -0.2) is 14.8 Å². The fourth-order valence-corrected chi connectivity index (χ4v) is 2.65. The molecule has 0 saturated carbocycles. The Labute approximate surface area is 174 Å². The van der Waals surface area contributed by atoms with E-state index in [1.807, 2.05) is 0 Å². The molecule has 152 valence electrons. The van der Waals surface area contributed by atoms with Gasteiger partial charge in [-0.05, 0) is 61.7 Å². The summed E-state index contributed by atoms with van der Waals surface area (Å²) in [5.41, 5.74) is 1.39. The largest absolute Gasteiger partial charge is 0.479 e. The highest BCUT2D eigenvalue weighted by atomic mass is 35.5. The number of carbonyl (C=O) groups is 1. The van der Waals surface area contributed by atoms with E-state index in [4.69, 9.17) is 25.8 Å². The van der Waals surface area contributed by atoms with Gasteiger partial charge in [-0.15, -0.1) is 0 Å². The van der Waals surface area contributed by atoms with Crippen molar-refractivity contribution in [2.24, 2.45) is 5.92 Å². The number of fused-ring (bicyclic) bond motifs is 1. The average Bonchev–Trinajstić information content (AvgIpc) is 2.69. The monoisotopic (exact) mass is 414 g/mol. The Hall–Kier alpha value is -2.86. The summed E-state index contributed by atoms with van der Waals surface area (Å²) in [6, 6.07) is 12.2. The van der Waals surface area contributed by atoms with Crippen LogP contribution in [-0.2, 0) is 9.53 Å². The van der Waals surface area contributed by atoms with Crippen molar-refractivity contribution in [2.45, 2.75) is 33.3 Å². The van der Waals surface area contributed by atoms with Gasteiger partial charge in [0.2, 0.25) is 5.88 Å². The molecule has 0 aliphatic heterocycles. The van der Waals surface area contributed by atoms with E-state index < -0.39 is 6.10 Å². The Morgan fingerprint density at radius 2 is 1.76 bits per heavy atom. The number of esters is 1. The summed E-state index contributed by atoms with van der Waals surface area (Å²) in [4.78, 5) is 20.7. The zero-order valence-corrected chi connectivity index (χ0v) is 17.3. The minimum Gasteiger partial charge on any atom is -0.479 e. The van der Waals surface area contributed by atoms with Gasteiger partial charge in [0.25, 0.3) is 0 Å². The second kappa shape index (κ2) is 9.56. The van der Waals surface area contributed by atoms with Gasteiger partial charge in [0.05, 0.1) is 23.8 Å². The smallest absolute Gasteiger partial charge is 0.347 e. The van der Waals surface area contributed by atoms with Crippen molar-refractivity contribution in [3.63, 3.8) is 0 Å². The molecule has 0 aliphatic rings. The van der Waals surface area contributed by atoms with E-state index in [2.05, 4.69) is 23.8 Å². The van der Waals surface area contributed by atoms with Gasteiger partial charge >= 0.3 is 5.97 Å². The highest BCUT2D eigenvalue weighted by molar-refractivity contribution is 6.31. The summed E-state index contributed by atoms with van der Waals surface area (Å²) >= 11 is 5.96. The minimum atomic E-state index is -0.688. The summed E-state index contributed by atoms with van der Waals surface area (Å²) in [6.07, 6.45) is 1.68. The molecule has 0 radical (unpaired) electrons. The highest BCUT2D eigenvalue weighted by Gasteiger charge is 2.16. The van der Waals surface area contributed by atoms with Crippen molar-refractivity contribution in [3.8, 4) is 17.4 Å². The van der Waals surface area contributed by atoms with Gasteiger partial charge in [0, 0.05) is 5.02 Å².